The molecule has 0 saturated carbocycles. The van der Waals surface area contributed by atoms with Crippen molar-refractivity contribution in [3.05, 3.63) is 52.9 Å². The Balaban J connectivity index is 1.94. The fourth-order valence-electron chi connectivity index (χ4n) is 2.69. The van der Waals surface area contributed by atoms with Crippen molar-refractivity contribution in [2.75, 3.05) is 25.7 Å². The van der Waals surface area contributed by atoms with Crippen LogP contribution in [0.3, 0.4) is 0 Å². The number of hydrogen-bond donors (Lipinski definition) is 0. The van der Waals surface area contributed by atoms with Gasteiger partial charge in [0.05, 0.1) is 31.4 Å². The monoisotopic (exact) mass is 401 g/mol. The summed E-state index contributed by atoms with van der Waals surface area (Å²) in [5, 5.41) is 0. The Kier molecular flexibility index (Phi) is 6.03. The van der Waals surface area contributed by atoms with Crippen LogP contribution in [-0.4, -0.2) is 31.1 Å². The van der Waals surface area contributed by atoms with Gasteiger partial charge in [-0.25, -0.2) is 0 Å². The van der Waals surface area contributed by atoms with Crippen molar-refractivity contribution in [2.24, 2.45) is 0 Å². The summed E-state index contributed by atoms with van der Waals surface area (Å²) in [5.74, 6) is 1.69. The van der Waals surface area contributed by atoms with Crippen LogP contribution in [0.15, 0.2) is 47.4 Å². The maximum Gasteiger partial charge on any atom is 0.270 e. The summed E-state index contributed by atoms with van der Waals surface area (Å²) in [4.78, 5) is 15.0. The first-order valence-corrected chi connectivity index (χ1v) is 9.53. The van der Waals surface area contributed by atoms with Crippen LogP contribution in [0.4, 0.5) is 5.69 Å². The van der Waals surface area contributed by atoms with Crippen molar-refractivity contribution < 1.29 is 19.0 Å². The molecule has 0 radical (unpaired) electrons. The van der Waals surface area contributed by atoms with E-state index < -0.39 is 0 Å². The molecule has 2 aromatic rings. The van der Waals surface area contributed by atoms with Crippen LogP contribution in [0.5, 0.6) is 17.2 Å². The third-order valence-electron chi connectivity index (χ3n) is 3.91. The van der Waals surface area contributed by atoms with E-state index in [-0.39, 0.29) is 5.91 Å². The molecule has 1 fully saturated rings. The van der Waals surface area contributed by atoms with Crippen LogP contribution >= 0.6 is 24.0 Å². The predicted molar refractivity (Wildman–Crippen MR) is 113 cm³/mol. The fraction of sp³-hybridized carbons (Fsp3) is 0.200. The maximum absolute atomic E-state index is 13.0. The fourth-order valence-corrected chi connectivity index (χ4v) is 3.97. The molecular formula is C20H19NO4S2. The van der Waals surface area contributed by atoms with E-state index in [4.69, 9.17) is 26.4 Å². The number of carbonyl (C=O) groups excluding carboxylic acids is 1. The highest BCUT2D eigenvalue weighted by Crippen LogP contribution is 2.40. The van der Waals surface area contributed by atoms with E-state index in [0.29, 0.717) is 38.8 Å². The minimum absolute atomic E-state index is 0.174. The second-order valence-corrected chi connectivity index (χ2v) is 7.21. The van der Waals surface area contributed by atoms with E-state index in [1.54, 1.807) is 26.4 Å². The molecule has 5 nitrogen and oxygen atoms in total. The lowest BCUT2D eigenvalue weighted by Gasteiger charge is -2.18. The third-order valence-corrected chi connectivity index (χ3v) is 5.21. The molecule has 27 heavy (non-hydrogen) atoms. The molecule has 140 valence electrons. The quantitative estimate of drug-likeness (QED) is 0.524. The summed E-state index contributed by atoms with van der Waals surface area (Å²) in [6.07, 6.45) is 1.80. The van der Waals surface area contributed by atoms with Crippen LogP contribution in [0.2, 0.25) is 0 Å². The average molecular weight is 402 g/mol. The summed E-state index contributed by atoms with van der Waals surface area (Å²) in [6, 6.07) is 12.9. The molecule has 0 bridgehead atoms. The summed E-state index contributed by atoms with van der Waals surface area (Å²) >= 11 is 6.71. The summed E-state index contributed by atoms with van der Waals surface area (Å²) in [7, 11) is 3.16. The maximum atomic E-state index is 13.0. The lowest BCUT2D eigenvalue weighted by Crippen LogP contribution is -2.28. The molecule has 1 saturated heterocycles. The molecule has 3 rings (SSSR count). The molecule has 0 atom stereocenters. The Morgan fingerprint density at radius 2 is 1.81 bits per heavy atom. The van der Waals surface area contributed by atoms with E-state index in [9.17, 15) is 4.79 Å². The van der Waals surface area contributed by atoms with E-state index in [0.717, 1.165) is 5.56 Å². The normalized spacial score (nSPS) is 15.4. The topological polar surface area (TPSA) is 48.0 Å². The van der Waals surface area contributed by atoms with Gasteiger partial charge in [-0.1, -0.05) is 42.2 Å². The van der Waals surface area contributed by atoms with Gasteiger partial charge in [0.1, 0.15) is 5.75 Å². The van der Waals surface area contributed by atoms with Gasteiger partial charge < -0.3 is 14.2 Å². The van der Waals surface area contributed by atoms with Crippen molar-refractivity contribution in [2.45, 2.75) is 6.92 Å². The molecule has 1 aliphatic heterocycles. The van der Waals surface area contributed by atoms with Gasteiger partial charge in [-0.3, -0.25) is 9.69 Å². The van der Waals surface area contributed by atoms with Gasteiger partial charge >= 0.3 is 0 Å². The number of rotatable bonds is 6. The average Bonchev–Trinajstić information content (AvgIpc) is 2.95. The second kappa shape index (κ2) is 8.45. The zero-order chi connectivity index (χ0) is 19.4. The summed E-state index contributed by atoms with van der Waals surface area (Å²) in [6.45, 7) is 2.41. The number of hydrogen-bond acceptors (Lipinski definition) is 6. The number of benzene rings is 2. The summed E-state index contributed by atoms with van der Waals surface area (Å²) < 4.78 is 16.7. The van der Waals surface area contributed by atoms with Crippen LogP contribution in [0, 0.1) is 0 Å². The molecule has 1 amide bonds. The van der Waals surface area contributed by atoms with Gasteiger partial charge in [0.2, 0.25) is 0 Å². The smallest absolute Gasteiger partial charge is 0.270 e. The van der Waals surface area contributed by atoms with Crippen molar-refractivity contribution >= 4 is 46.0 Å². The first-order valence-electron chi connectivity index (χ1n) is 8.30. The van der Waals surface area contributed by atoms with Crippen molar-refractivity contribution in [1.82, 2.24) is 0 Å². The number of thioether (sulfide) groups is 1. The van der Waals surface area contributed by atoms with Crippen LogP contribution in [-0.2, 0) is 4.79 Å². The predicted octanol–water partition coefficient (Wildman–Crippen LogP) is 4.51. The number of ether oxygens (including phenoxy) is 3. The second-order valence-electron chi connectivity index (χ2n) is 5.53. The van der Waals surface area contributed by atoms with Gasteiger partial charge in [-0.05, 0) is 42.8 Å². The SMILES string of the molecule is CCOc1ccccc1N1C(=O)/C(=C/c2ccc(OC)c(OC)c2)SC1=S. The zero-order valence-electron chi connectivity index (χ0n) is 15.2. The molecule has 0 aliphatic carbocycles. The molecule has 2 aromatic carbocycles. The van der Waals surface area contributed by atoms with Crippen LogP contribution in [0.1, 0.15) is 12.5 Å². The molecule has 0 aromatic heterocycles. The van der Waals surface area contributed by atoms with Gasteiger partial charge in [0, 0.05) is 0 Å². The highest BCUT2D eigenvalue weighted by atomic mass is 32.2. The number of amides is 1. The van der Waals surface area contributed by atoms with E-state index in [1.807, 2.05) is 43.3 Å². The van der Waals surface area contributed by atoms with Gasteiger partial charge in [0.15, 0.2) is 15.8 Å². The Hall–Kier alpha value is -2.51. The van der Waals surface area contributed by atoms with Gasteiger partial charge in [-0.2, -0.15) is 0 Å². The summed E-state index contributed by atoms with van der Waals surface area (Å²) in [5.41, 5.74) is 1.48. The highest BCUT2D eigenvalue weighted by Gasteiger charge is 2.34. The molecule has 0 spiro atoms. The number of nitrogens with zero attached hydrogens (tertiary/aromatic N) is 1. The number of thiocarbonyl (C=S) groups is 1. The molecule has 1 heterocycles. The lowest BCUT2D eigenvalue weighted by molar-refractivity contribution is -0.113. The van der Waals surface area contributed by atoms with Crippen molar-refractivity contribution in [3.63, 3.8) is 0 Å². The molecular weight excluding hydrogens is 382 g/mol. The number of anilines is 1. The molecule has 7 heteroatoms. The van der Waals surface area contributed by atoms with E-state index in [1.165, 1.54) is 16.7 Å². The van der Waals surface area contributed by atoms with Crippen molar-refractivity contribution in [3.8, 4) is 17.2 Å². The van der Waals surface area contributed by atoms with Gasteiger partial charge in [0.25, 0.3) is 5.91 Å². The minimum Gasteiger partial charge on any atom is -0.493 e. The Morgan fingerprint density at radius 1 is 1.07 bits per heavy atom. The highest BCUT2D eigenvalue weighted by molar-refractivity contribution is 8.27. The molecule has 0 N–H and O–H groups in total. The number of para-hydroxylation sites is 2. The Bertz CT molecular complexity index is 911. The Morgan fingerprint density at radius 3 is 2.52 bits per heavy atom. The van der Waals surface area contributed by atoms with Crippen molar-refractivity contribution in [1.29, 1.82) is 0 Å². The number of methoxy groups -OCH3 is 2. The Labute approximate surface area is 167 Å². The largest absolute Gasteiger partial charge is 0.493 e. The van der Waals surface area contributed by atoms with Crippen LogP contribution < -0.4 is 19.1 Å². The minimum atomic E-state index is -0.174. The standard InChI is InChI=1S/C20H19NO4S2/c1-4-25-15-8-6-5-7-14(15)21-19(22)18(27-20(21)26)12-13-9-10-16(23-2)17(11-13)24-3/h5-12H,4H2,1-3H3/b18-12-. The third kappa shape index (κ3) is 3.94. The first kappa shape index (κ1) is 19.3. The first-order chi connectivity index (χ1) is 13.1. The van der Waals surface area contributed by atoms with E-state index in [2.05, 4.69) is 0 Å². The van der Waals surface area contributed by atoms with E-state index >= 15 is 0 Å². The lowest BCUT2D eigenvalue weighted by atomic mass is 10.2. The zero-order valence-corrected chi connectivity index (χ0v) is 16.9. The van der Waals surface area contributed by atoms with Crippen LogP contribution in [0.25, 0.3) is 6.08 Å². The molecule has 0 unspecified atom stereocenters. The van der Waals surface area contributed by atoms with Gasteiger partial charge in [-0.15, -0.1) is 0 Å². The molecule has 1 aliphatic rings. The number of carbonyl (C=O) groups is 1.